The van der Waals surface area contributed by atoms with Crippen molar-refractivity contribution in [3.05, 3.63) is 34.9 Å². The van der Waals surface area contributed by atoms with Gasteiger partial charge in [-0.25, -0.2) is 8.78 Å². The molecule has 1 aromatic rings. The molecule has 1 amide bonds. The number of ether oxygens (including phenoxy) is 1. The van der Waals surface area contributed by atoms with Gasteiger partial charge in [-0.05, 0) is 44.7 Å². The Labute approximate surface area is 140 Å². The summed E-state index contributed by atoms with van der Waals surface area (Å²) in [6.07, 6.45) is 2.32. The van der Waals surface area contributed by atoms with Gasteiger partial charge >= 0.3 is 0 Å². The maximum atomic E-state index is 14.0. The molecule has 6 heteroatoms. The highest BCUT2D eigenvalue weighted by Gasteiger charge is 2.45. The molecular weight excluding hydrogens is 316 g/mol. The Hall–Kier alpha value is -1.53. The molecule has 2 fully saturated rings. The van der Waals surface area contributed by atoms with Gasteiger partial charge in [-0.15, -0.1) is 0 Å². The molecule has 0 saturated carbocycles. The number of halogens is 2. The minimum absolute atomic E-state index is 0.180. The zero-order valence-electron chi connectivity index (χ0n) is 14.1. The van der Waals surface area contributed by atoms with E-state index in [1.54, 1.807) is 6.92 Å². The first-order valence-corrected chi connectivity index (χ1v) is 8.33. The lowest BCUT2D eigenvalue weighted by molar-refractivity contribution is -0.170. The smallest absolute Gasteiger partial charge is 0.256 e. The number of rotatable bonds is 1. The quantitative estimate of drug-likeness (QED) is 0.856. The molecule has 4 nitrogen and oxygen atoms in total. The molecule has 0 aliphatic carbocycles. The fourth-order valence-electron chi connectivity index (χ4n) is 3.74. The van der Waals surface area contributed by atoms with Gasteiger partial charge in [0.05, 0.1) is 23.4 Å². The molecule has 0 aromatic heterocycles. The van der Waals surface area contributed by atoms with Crippen LogP contribution in [-0.2, 0) is 4.74 Å². The Morgan fingerprint density at radius 1 is 1.21 bits per heavy atom. The molecule has 1 spiro atoms. The molecule has 0 radical (unpaired) electrons. The van der Waals surface area contributed by atoms with Crippen molar-refractivity contribution >= 4 is 5.91 Å². The molecule has 132 valence electrons. The summed E-state index contributed by atoms with van der Waals surface area (Å²) in [5.74, 6) is -2.55. The minimum atomic E-state index is -1.09. The molecule has 24 heavy (non-hydrogen) atoms. The first-order chi connectivity index (χ1) is 11.2. The van der Waals surface area contributed by atoms with E-state index in [2.05, 4.69) is 0 Å². The summed E-state index contributed by atoms with van der Waals surface area (Å²) >= 11 is 0. The van der Waals surface area contributed by atoms with Gasteiger partial charge in [-0.3, -0.25) is 4.79 Å². The topological polar surface area (TPSA) is 49.8 Å². The van der Waals surface area contributed by atoms with Crippen LogP contribution in [0.2, 0.25) is 0 Å². The summed E-state index contributed by atoms with van der Waals surface area (Å²) in [6, 6.07) is 2.75. The van der Waals surface area contributed by atoms with Gasteiger partial charge in [-0.2, -0.15) is 0 Å². The lowest BCUT2D eigenvalue weighted by Gasteiger charge is -2.48. The second kappa shape index (κ2) is 6.08. The number of likely N-dealkylation sites (tertiary alicyclic amines) is 1. The number of hydrogen-bond acceptors (Lipinski definition) is 3. The third-order valence-electron chi connectivity index (χ3n) is 5.22. The predicted molar refractivity (Wildman–Crippen MR) is 84.8 cm³/mol. The molecule has 2 heterocycles. The van der Waals surface area contributed by atoms with Crippen LogP contribution >= 0.6 is 0 Å². The van der Waals surface area contributed by atoms with Crippen molar-refractivity contribution in [2.24, 2.45) is 0 Å². The molecule has 1 unspecified atom stereocenters. The second-order valence-electron chi connectivity index (χ2n) is 7.31. The third kappa shape index (κ3) is 3.17. The van der Waals surface area contributed by atoms with Gasteiger partial charge in [-0.1, -0.05) is 6.07 Å². The molecule has 0 bridgehead atoms. The normalized spacial score (nSPS) is 26.6. The molecule has 1 N–H and O–H groups in total. The molecule has 1 aromatic carbocycles. The Morgan fingerprint density at radius 2 is 1.88 bits per heavy atom. The monoisotopic (exact) mass is 339 g/mol. The highest BCUT2D eigenvalue weighted by atomic mass is 19.2. The Bertz CT molecular complexity index is 652. The van der Waals surface area contributed by atoms with Gasteiger partial charge < -0.3 is 14.7 Å². The standard InChI is InChI=1S/C18H23F2NO3/c1-12-3-4-13(15(20)14(12)19)16(22)21-8-5-18(6-9-21)11-17(2,23)7-10-24-18/h3-4,23H,5-11H2,1-2H3. The van der Waals surface area contributed by atoms with Gasteiger partial charge in [0.25, 0.3) is 5.91 Å². The van der Waals surface area contributed by atoms with E-state index in [0.29, 0.717) is 45.4 Å². The van der Waals surface area contributed by atoms with Crippen molar-refractivity contribution in [3.8, 4) is 0 Å². The van der Waals surface area contributed by atoms with E-state index in [1.807, 2.05) is 0 Å². The fourth-order valence-corrected chi connectivity index (χ4v) is 3.74. The number of carbonyl (C=O) groups excluding carboxylic acids is 1. The maximum absolute atomic E-state index is 14.0. The van der Waals surface area contributed by atoms with E-state index in [-0.39, 0.29) is 11.1 Å². The summed E-state index contributed by atoms with van der Waals surface area (Å²) in [5, 5.41) is 10.3. The largest absolute Gasteiger partial charge is 0.390 e. The first-order valence-electron chi connectivity index (χ1n) is 8.33. The number of hydrogen-bond donors (Lipinski definition) is 1. The van der Waals surface area contributed by atoms with Crippen LogP contribution in [0.5, 0.6) is 0 Å². The van der Waals surface area contributed by atoms with Gasteiger partial charge in [0.2, 0.25) is 0 Å². The van der Waals surface area contributed by atoms with Crippen LogP contribution in [0.1, 0.15) is 48.5 Å². The van der Waals surface area contributed by atoms with E-state index >= 15 is 0 Å². The summed E-state index contributed by atoms with van der Waals surface area (Å²) < 4.78 is 33.6. The molecule has 2 saturated heterocycles. The zero-order chi connectivity index (χ0) is 17.5. The molecule has 2 aliphatic heterocycles. The molecule has 3 rings (SSSR count). The number of nitrogens with zero attached hydrogens (tertiary/aromatic N) is 1. The highest BCUT2D eigenvalue weighted by molar-refractivity contribution is 5.94. The van der Waals surface area contributed by atoms with Crippen molar-refractivity contribution < 1.29 is 23.4 Å². The lowest BCUT2D eigenvalue weighted by atomic mass is 9.78. The van der Waals surface area contributed by atoms with Crippen molar-refractivity contribution in [3.63, 3.8) is 0 Å². The number of piperidine rings is 1. The number of benzene rings is 1. The van der Waals surface area contributed by atoms with Crippen molar-refractivity contribution in [1.82, 2.24) is 4.90 Å². The summed E-state index contributed by atoms with van der Waals surface area (Å²) in [6.45, 7) is 4.58. The van der Waals surface area contributed by atoms with Crippen LogP contribution in [0.3, 0.4) is 0 Å². The number of aliphatic hydroxyl groups is 1. The maximum Gasteiger partial charge on any atom is 0.256 e. The van der Waals surface area contributed by atoms with E-state index in [4.69, 9.17) is 4.74 Å². The number of aryl methyl sites for hydroxylation is 1. The Kier molecular flexibility index (Phi) is 4.38. The summed E-state index contributed by atoms with van der Waals surface area (Å²) in [4.78, 5) is 14.0. The van der Waals surface area contributed by atoms with Gasteiger partial charge in [0, 0.05) is 19.5 Å². The number of carbonyl (C=O) groups is 1. The first kappa shape index (κ1) is 17.3. The van der Waals surface area contributed by atoms with Crippen molar-refractivity contribution in [2.45, 2.75) is 50.7 Å². The van der Waals surface area contributed by atoms with Crippen LogP contribution in [0.25, 0.3) is 0 Å². The third-order valence-corrected chi connectivity index (χ3v) is 5.22. The average molecular weight is 339 g/mol. The average Bonchev–Trinajstić information content (AvgIpc) is 2.52. The van der Waals surface area contributed by atoms with Crippen molar-refractivity contribution in [2.75, 3.05) is 19.7 Å². The van der Waals surface area contributed by atoms with Crippen LogP contribution in [0.15, 0.2) is 12.1 Å². The summed E-state index contributed by atoms with van der Waals surface area (Å²) in [7, 11) is 0. The minimum Gasteiger partial charge on any atom is -0.390 e. The Morgan fingerprint density at radius 3 is 2.50 bits per heavy atom. The summed E-state index contributed by atoms with van der Waals surface area (Å²) in [5.41, 5.74) is -1.23. The second-order valence-corrected chi connectivity index (χ2v) is 7.31. The van der Waals surface area contributed by atoms with E-state index in [1.165, 1.54) is 24.0 Å². The predicted octanol–water partition coefficient (Wildman–Crippen LogP) is 2.81. The van der Waals surface area contributed by atoms with Crippen LogP contribution in [0, 0.1) is 18.6 Å². The van der Waals surface area contributed by atoms with E-state index < -0.39 is 28.7 Å². The highest BCUT2D eigenvalue weighted by Crippen LogP contribution is 2.39. The van der Waals surface area contributed by atoms with Gasteiger partial charge in [0.1, 0.15) is 0 Å². The van der Waals surface area contributed by atoms with E-state index in [9.17, 15) is 18.7 Å². The molecule has 2 aliphatic rings. The van der Waals surface area contributed by atoms with Crippen LogP contribution < -0.4 is 0 Å². The SMILES string of the molecule is Cc1ccc(C(=O)N2CCC3(CC2)CC(C)(O)CCO3)c(F)c1F. The van der Waals surface area contributed by atoms with Crippen molar-refractivity contribution in [1.29, 1.82) is 0 Å². The van der Waals surface area contributed by atoms with Crippen LogP contribution in [0.4, 0.5) is 8.78 Å². The number of amides is 1. The van der Waals surface area contributed by atoms with Crippen LogP contribution in [-0.4, -0.2) is 46.8 Å². The molecular formula is C18H23F2NO3. The Balaban J connectivity index is 1.71. The molecule has 1 atom stereocenters. The zero-order valence-corrected chi connectivity index (χ0v) is 14.1. The fraction of sp³-hybridized carbons (Fsp3) is 0.611. The van der Waals surface area contributed by atoms with Gasteiger partial charge in [0.15, 0.2) is 11.6 Å². The lowest BCUT2D eigenvalue weighted by Crippen LogP contribution is -2.54. The van der Waals surface area contributed by atoms with E-state index in [0.717, 1.165) is 0 Å².